The van der Waals surface area contributed by atoms with Crippen LogP contribution in [0.15, 0.2) is 12.1 Å². The molecule has 1 aromatic carbocycles. The molecule has 0 saturated carbocycles. The summed E-state index contributed by atoms with van der Waals surface area (Å²) in [6.07, 6.45) is 0.825. The Bertz CT molecular complexity index is 438. The summed E-state index contributed by atoms with van der Waals surface area (Å²) in [6, 6.07) is 4.03. The third-order valence-corrected chi connectivity index (χ3v) is 4.36. The summed E-state index contributed by atoms with van der Waals surface area (Å²) in [4.78, 5) is 0. The number of aromatic hydroxyl groups is 1. The van der Waals surface area contributed by atoms with Gasteiger partial charge in [0.05, 0.1) is 17.8 Å². The Morgan fingerprint density at radius 3 is 1.95 bits per heavy atom. The molecule has 1 rings (SSSR count). The van der Waals surface area contributed by atoms with Gasteiger partial charge in [0.15, 0.2) is 0 Å². The van der Waals surface area contributed by atoms with Crippen LogP contribution in [0.1, 0.15) is 44.4 Å². The van der Waals surface area contributed by atoms with Crippen LogP contribution in [0.2, 0.25) is 0 Å². The van der Waals surface area contributed by atoms with Crippen LogP contribution in [0.3, 0.4) is 0 Å². The van der Waals surface area contributed by atoms with Gasteiger partial charge in [-0.1, -0.05) is 12.1 Å². The lowest BCUT2D eigenvalue weighted by Crippen LogP contribution is -2.49. The van der Waals surface area contributed by atoms with Crippen LogP contribution in [0.4, 0.5) is 0 Å². The number of hydrogen-bond acceptors (Lipinski definition) is 3. The van der Waals surface area contributed by atoms with Crippen molar-refractivity contribution in [1.29, 1.82) is 0 Å². The number of rotatable bonds is 6. The molecule has 0 bridgehead atoms. The Balaban J connectivity index is 2.66. The zero-order chi connectivity index (χ0) is 15.6. The van der Waals surface area contributed by atoms with E-state index < -0.39 is 0 Å². The predicted molar refractivity (Wildman–Crippen MR) is 82.4 cm³/mol. The van der Waals surface area contributed by atoms with Crippen molar-refractivity contribution < 1.29 is 14.6 Å². The SMILES string of the molecule is COC(C)(C)C(C)(C)OCCc1cc(C)c(O)c(C)c1. The van der Waals surface area contributed by atoms with Gasteiger partial charge in [-0.2, -0.15) is 0 Å². The highest BCUT2D eigenvalue weighted by molar-refractivity contribution is 5.42. The molecule has 0 aliphatic rings. The Morgan fingerprint density at radius 2 is 1.50 bits per heavy atom. The molecule has 1 aromatic rings. The summed E-state index contributed by atoms with van der Waals surface area (Å²) < 4.78 is 11.5. The van der Waals surface area contributed by atoms with Crippen LogP contribution in [0.5, 0.6) is 5.75 Å². The van der Waals surface area contributed by atoms with E-state index in [1.54, 1.807) is 7.11 Å². The topological polar surface area (TPSA) is 38.7 Å². The van der Waals surface area contributed by atoms with Crippen molar-refractivity contribution in [1.82, 2.24) is 0 Å². The second-order valence-corrected chi connectivity index (χ2v) is 6.40. The summed E-state index contributed by atoms with van der Waals surface area (Å²) in [5.74, 6) is 0.385. The largest absolute Gasteiger partial charge is 0.507 e. The van der Waals surface area contributed by atoms with Crippen molar-refractivity contribution >= 4 is 0 Å². The molecule has 0 unspecified atom stereocenters. The number of phenolic OH excluding ortho intramolecular Hbond substituents is 1. The Kier molecular flexibility index (Phi) is 5.22. The molecule has 1 N–H and O–H groups in total. The van der Waals surface area contributed by atoms with Crippen LogP contribution in [0, 0.1) is 13.8 Å². The van der Waals surface area contributed by atoms with Gasteiger partial charge in [0.2, 0.25) is 0 Å². The van der Waals surface area contributed by atoms with Crippen molar-refractivity contribution in [2.24, 2.45) is 0 Å². The highest BCUT2D eigenvalue weighted by atomic mass is 16.6. The third kappa shape index (κ3) is 3.74. The lowest BCUT2D eigenvalue weighted by atomic mass is 9.89. The monoisotopic (exact) mass is 280 g/mol. The maximum Gasteiger partial charge on any atom is 0.121 e. The first-order valence-corrected chi connectivity index (χ1v) is 7.09. The van der Waals surface area contributed by atoms with Gasteiger partial charge < -0.3 is 14.6 Å². The van der Waals surface area contributed by atoms with E-state index in [1.807, 2.05) is 53.7 Å². The first-order valence-electron chi connectivity index (χ1n) is 7.09. The minimum Gasteiger partial charge on any atom is -0.507 e. The fraction of sp³-hybridized carbons (Fsp3) is 0.647. The van der Waals surface area contributed by atoms with Gasteiger partial charge in [-0.3, -0.25) is 0 Å². The van der Waals surface area contributed by atoms with Gasteiger partial charge in [0.1, 0.15) is 5.75 Å². The first-order chi connectivity index (χ1) is 9.10. The molecular formula is C17H28O3. The molecule has 3 nitrogen and oxygen atoms in total. The quantitative estimate of drug-likeness (QED) is 0.862. The van der Waals surface area contributed by atoms with E-state index in [2.05, 4.69) is 0 Å². The highest BCUT2D eigenvalue weighted by Gasteiger charge is 2.38. The van der Waals surface area contributed by atoms with Crippen LogP contribution in [0.25, 0.3) is 0 Å². The molecule has 0 spiro atoms. The van der Waals surface area contributed by atoms with Crippen LogP contribution in [-0.2, 0) is 15.9 Å². The molecule has 0 aliphatic carbocycles. The molecule has 0 saturated heterocycles. The number of phenols is 1. The van der Waals surface area contributed by atoms with Gasteiger partial charge in [-0.25, -0.2) is 0 Å². The van der Waals surface area contributed by atoms with E-state index in [9.17, 15) is 5.11 Å². The van der Waals surface area contributed by atoms with Crippen molar-refractivity contribution in [3.63, 3.8) is 0 Å². The standard InChI is InChI=1S/C17H28O3/c1-12-10-14(11-13(2)15(12)18)8-9-20-17(5,6)16(3,4)19-7/h10-11,18H,8-9H2,1-7H3. The molecule has 114 valence electrons. The fourth-order valence-corrected chi connectivity index (χ4v) is 2.03. The average molecular weight is 280 g/mol. The summed E-state index contributed by atoms with van der Waals surface area (Å²) in [7, 11) is 1.71. The van der Waals surface area contributed by atoms with Crippen molar-refractivity contribution in [3.05, 3.63) is 28.8 Å². The molecule has 0 heterocycles. The van der Waals surface area contributed by atoms with E-state index >= 15 is 0 Å². The lowest BCUT2D eigenvalue weighted by Gasteiger charge is -2.40. The third-order valence-electron chi connectivity index (χ3n) is 4.36. The predicted octanol–water partition coefficient (Wildman–Crippen LogP) is 3.77. The number of methoxy groups -OCH3 is 1. The fourth-order valence-electron chi connectivity index (χ4n) is 2.03. The summed E-state index contributed by atoms with van der Waals surface area (Å²) in [6.45, 7) is 12.6. The first kappa shape index (κ1) is 17.0. The number of aryl methyl sites for hydroxylation is 2. The van der Waals surface area contributed by atoms with E-state index in [0.29, 0.717) is 12.4 Å². The van der Waals surface area contributed by atoms with E-state index in [-0.39, 0.29) is 11.2 Å². The van der Waals surface area contributed by atoms with E-state index in [4.69, 9.17) is 9.47 Å². The van der Waals surface area contributed by atoms with Gasteiger partial charge in [-0.05, 0) is 64.7 Å². The zero-order valence-electron chi connectivity index (χ0n) is 13.8. The molecule has 3 heteroatoms. The van der Waals surface area contributed by atoms with Crippen LogP contribution >= 0.6 is 0 Å². The average Bonchev–Trinajstić information content (AvgIpc) is 2.35. The van der Waals surface area contributed by atoms with Crippen molar-refractivity contribution in [3.8, 4) is 5.75 Å². The number of ether oxygens (including phenoxy) is 2. The summed E-state index contributed by atoms with van der Waals surface area (Å²) >= 11 is 0. The van der Waals surface area contributed by atoms with E-state index in [1.165, 1.54) is 5.56 Å². The molecular weight excluding hydrogens is 252 g/mol. The molecule has 0 atom stereocenters. The zero-order valence-corrected chi connectivity index (χ0v) is 13.8. The molecule has 0 aromatic heterocycles. The Morgan fingerprint density at radius 1 is 1.00 bits per heavy atom. The van der Waals surface area contributed by atoms with Crippen molar-refractivity contribution in [2.45, 2.75) is 59.2 Å². The number of benzene rings is 1. The second kappa shape index (κ2) is 6.15. The molecule has 0 aliphatic heterocycles. The van der Waals surface area contributed by atoms with Gasteiger partial charge in [-0.15, -0.1) is 0 Å². The number of hydrogen-bond donors (Lipinski definition) is 1. The van der Waals surface area contributed by atoms with E-state index in [0.717, 1.165) is 17.5 Å². The lowest BCUT2D eigenvalue weighted by molar-refractivity contribution is -0.162. The normalized spacial score (nSPS) is 12.8. The Hall–Kier alpha value is -1.06. The van der Waals surface area contributed by atoms with Crippen LogP contribution < -0.4 is 0 Å². The van der Waals surface area contributed by atoms with Crippen LogP contribution in [-0.4, -0.2) is 30.0 Å². The summed E-state index contributed by atoms with van der Waals surface area (Å²) in [5.41, 5.74) is 2.31. The van der Waals surface area contributed by atoms with Crippen molar-refractivity contribution in [2.75, 3.05) is 13.7 Å². The molecule has 20 heavy (non-hydrogen) atoms. The van der Waals surface area contributed by atoms with Gasteiger partial charge in [0.25, 0.3) is 0 Å². The minimum absolute atomic E-state index is 0.339. The maximum absolute atomic E-state index is 9.78. The smallest absolute Gasteiger partial charge is 0.121 e. The molecule has 0 amide bonds. The maximum atomic E-state index is 9.78. The molecule has 0 radical (unpaired) electrons. The molecule has 0 fully saturated rings. The highest BCUT2D eigenvalue weighted by Crippen LogP contribution is 2.29. The second-order valence-electron chi connectivity index (χ2n) is 6.40. The van der Waals surface area contributed by atoms with Gasteiger partial charge in [0, 0.05) is 7.11 Å². The van der Waals surface area contributed by atoms with Gasteiger partial charge >= 0.3 is 0 Å². The minimum atomic E-state index is -0.358. The Labute approximate surface area is 122 Å². The summed E-state index contributed by atoms with van der Waals surface area (Å²) in [5, 5.41) is 9.78.